The van der Waals surface area contributed by atoms with Crippen molar-refractivity contribution in [3.63, 3.8) is 0 Å². The molecule has 8 rings (SSSR count). The number of fused-ring (bicyclic) bond motifs is 2. The van der Waals surface area contributed by atoms with Crippen LogP contribution in [0.15, 0.2) is 153 Å². The van der Waals surface area contributed by atoms with Gasteiger partial charge in [-0.3, -0.25) is 0 Å². The molecule has 0 saturated carbocycles. The first-order valence-electron chi connectivity index (χ1n) is 20.7. The third-order valence-electron chi connectivity index (χ3n) is 11.4. The van der Waals surface area contributed by atoms with Gasteiger partial charge in [0.25, 0.3) is 0 Å². The maximum atomic E-state index is 2.57. The van der Waals surface area contributed by atoms with Crippen molar-refractivity contribution in [2.75, 3.05) is 9.80 Å². The highest BCUT2D eigenvalue weighted by atomic mass is 32.2. The van der Waals surface area contributed by atoms with E-state index < -0.39 is 0 Å². The second-order valence-corrected chi connectivity index (χ2v) is 22.2. The van der Waals surface area contributed by atoms with Gasteiger partial charge in [0.1, 0.15) is 10.1 Å². The van der Waals surface area contributed by atoms with E-state index >= 15 is 0 Å². The number of thioether (sulfide) groups is 2. The average Bonchev–Trinajstić information content (AvgIpc) is 3.75. The van der Waals surface area contributed by atoms with Gasteiger partial charge in [0.05, 0.1) is 11.4 Å². The highest BCUT2D eigenvalue weighted by Crippen LogP contribution is 2.60. The molecule has 0 aromatic heterocycles. The molecule has 0 atom stereocenters. The van der Waals surface area contributed by atoms with Gasteiger partial charge in [-0.1, -0.05) is 192 Å². The van der Waals surface area contributed by atoms with Crippen LogP contribution in [0.25, 0.3) is 22.3 Å². The lowest BCUT2D eigenvalue weighted by molar-refractivity contribution is 0.568. The van der Waals surface area contributed by atoms with Gasteiger partial charge in [0, 0.05) is 21.2 Å². The first-order chi connectivity index (χ1) is 27.3. The lowest BCUT2D eigenvalue weighted by Gasteiger charge is -2.32. The maximum Gasteiger partial charge on any atom is 0.116 e. The van der Waals surface area contributed by atoms with Gasteiger partial charge in [-0.25, -0.2) is 0 Å². The quantitative estimate of drug-likeness (QED) is 0.175. The van der Waals surface area contributed by atoms with Crippen LogP contribution >= 0.6 is 23.5 Å². The zero-order valence-electron chi connectivity index (χ0n) is 36.4. The van der Waals surface area contributed by atoms with Crippen molar-refractivity contribution in [3.05, 3.63) is 166 Å². The van der Waals surface area contributed by atoms with E-state index in [4.69, 9.17) is 0 Å². The van der Waals surface area contributed by atoms with Gasteiger partial charge in [-0.2, -0.15) is 0 Å². The molecule has 0 radical (unpaired) electrons. The molecule has 0 aliphatic carbocycles. The molecular formula is C54H58N2S2. The molecule has 2 aliphatic heterocycles. The number of nitrogens with zero attached hydrogens (tertiary/aromatic N) is 2. The molecule has 296 valence electrons. The lowest BCUT2D eigenvalue weighted by Crippen LogP contribution is -2.22. The molecule has 6 aromatic rings. The standard InChI is InChI=1S/C54H58N2S2/c1-51(2,3)39-29-40(52(4,5)6)32-43(31-39)55-45-25-23-37(35-19-15-13-16-20-35)27-47(45)57-49(55)50-56(44-33-41(53(7,8)9)30-42(34-44)54(10,11)12)46-26-24-38(28-48(46)58-50)36-21-17-14-18-22-36/h13-34H,1-12H3/b50-49+. The summed E-state index contributed by atoms with van der Waals surface area (Å²) in [5, 5.41) is 2.46. The Morgan fingerprint density at radius 2 is 0.638 bits per heavy atom. The fraction of sp³-hybridized carbons (Fsp3) is 0.296. The van der Waals surface area contributed by atoms with Crippen LogP contribution in [0.2, 0.25) is 0 Å². The van der Waals surface area contributed by atoms with Crippen LogP contribution in [0.3, 0.4) is 0 Å². The Kier molecular flexibility index (Phi) is 10.1. The van der Waals surface area contributed by atoms with Crippen LogP contribution in [0, 0.1) is 0 Å². The van der Waals surface area contributed by atoms with Gasteiger partial charge in [-0.15, -0.1) is 0 Å². The SMILES string of the molecule is CC(C)(C)c1cc(N2/C(=C3\Sc4cc(-c5ccccc5)ccc4N3c3cc(C(C)(C)C)cc(C(C)(C)C)c3)Sc3cc(-c4ccccc4)ccc32)cc(C(C)(C)C)c1. The summed E-state index contributed by atoms with van der Waals surface area (Å²) in [4.78, 5) is 7.67. The maximum absolute atomic E-state index is 2.57. The Bertz CT molecular complexity index is 2300. The molecular weight excluding hydrogens is 741 g/mol. The Morgan fingerprint density at radius 3 is 0.931 bits per heavy atom. The normalized spacial score (nSPS) is 15.9. The summed E-state index contributed by atoms with van der Waals surface area (Å²) in [6, 6.07) is 50.3. The summed E-state index contributed by atoms with van der Waals surface area (Å²) in [5.74, 6) is 0. The zero-order valence-corrected chi connectivity index (χ0v) is 38.0. The van der Waals surface area contributed by atoms with Crippen molar-refractivity contribution in [3.8, 4) is 22.3 Å². The lowest BCUT2D eigenvalue weighted by atomic mass is 9.80. The van der Waals surface area contributed by atoms with E-state index in [0.717, 1.165) is 0 Å². The fourth-order valence-electron chi connectivity index (χ4n) is 7.70. The molecule has 0 spiro atoms. The van der Waals surface area contributed by atoms with Gasteiger partial charge >= 0.3 is 0 Å². The van der Waals surface area contributed by atoms with Crippen LogP contribution in [0.1, 0.15) is 105 Å². The first-order valence-corrected chi connectivity index (χ1v) is 22.3. The van der Waals surface area contributed by atoms with Crippen molar-refractivity contribution in [2.24, 2.45) is 0 Å². The van der Waals surface area contributed by atoms with E-state index in [-0.39, 0.29) is 21.7 Å². The minimum atomic E-state index is -0.0227. The molecule has 2 aliphatic rings. The molecule has 0 N–H and O–H groups in total. The predicted octanol–water partition coefficient (Wildman–Crippen LogP) is 16.5. The zero-order chi connectivity index (χ0) is 41.4. The largest absolute Gasteiger partial charge is 0.301 e. The summed E-state index contributed by atoms with van der Waals surface area (Å²) in [7, 11) is 0. The summed E-state index contributed by atoms with van der Waals surface area (Å²) in [5.41, 5.74) is 15.1. The number of rotatable bonds is 4. The molecule has 0 unspecified atom stereocenters. The van der Waals surface area contributed by atoms with E-state index in [1.165, 1.54) is 87.1 Å². The summed E-state index contributed by atoms with van der Waals surface area (Å²) >= 11 is 3.81. The van der Waals surface area contributed by atoms with Gasteiger partial charge in [0.15, 0.2) is 0 Å². The van der Waals surface area contributed by atoms with E-state index in [0.29, 0.717) is 0 Å². The number of anilines is 4. The minimum absolute atomic E-state index is 0.0227. The summed E-state index contributed by atoms with van der Waals surface area (Å²) < 4.78 is 0. The van der Waals surface area contributed by atoms with E-state index in [1.807, 2.05) is 23.5 Å². The van der Waals surface area contributed by atoms with Crippen molar-refractivity contribution in [2.45, 2.75) is 115 Å². The molecule has 2 heterocycles. The van der Waals surface area contributed by atoms with Crippen LogP contribution in [-0.4, -0.2) is 0 Å². The summed E-state index contributed by atoms with van der Waals surface area (Å²) in [6.07, 6.45) is 0. The molecule has 0 fully saturated rings. The number of hydrogen-bond donors (Lipinski definition) is 0. The Hall–Kier alpha value is -4.64. The second-order valence-electron chi connectivity index (χ2n) is 20.1. The topological polar surface area (TPSA) is 6.48 Å². The number of benzene rings is 6. The molecule has 6 aromatic carbocycles. The molecule has 58 heavy (non-hydrogen) atoms. The van der Waals surface area contributed by atoms with E-state index in [9.17, 15) is 0 Å². The van der Waals surface area contributed by atoms with Gasteiger partial charge < -0.3 is 9.80 Å². The highest BCUT2D eigenvalue weighted by Gasteiger charge is 2.38. The van der Waals surface area contributed by atoms with Crippen LogP contribution in [0.5, 0.6) is 0 Å². The molecule has 2 nitrogen and oxygen atoms in total. The third kappa shape index (κ3) is 7.78. The van der Waals surface area contributed by atoms with E-state index in [1.54, 1.807) is 0 Å². The molecule has 0 bridgehead atoms. The Balaban J connectivity index is 1.42. The molecule has 0 amide bonds. The third-order valence-corrected chi connectivity index (χ3v) is 13.8. The molecule has 4 heteroatoms. The second kappa shape index (κ2) is 14.6. The first kappa shape index (κ1) is 40.2. The van der Waals surface area contributed by atoms with Crippen molar-refractivity contribution in [1.29, 1.82) is 0 Å². The minimum Gasteiger partial charge on any atom is -0.301 e. The summed E-state index contributed by atoms with van der Waals surface area (Å²) in [6.45, 7) is 28.0. The average molecular weight is 799 g/mol. The predicted molar refractivity (Wildman–Crippen MR) is 254 cm³/mol. The molecule has 0 saturated heterocycles. The Morgan fingerprint density at radius 1 is 0.328 bits per heavy atom. The van der Waals surface area contributed by atoms with Crippen LogP contribution in [-0.2, 0) is 21.7 Å². The van der Waals surface area contributed by atoms with Crippen molar-refractivity contribution < 1.29 is 0 Å². The van der Waals surface area contributed by atoms with Gasteiger partial charge in [-0.05, 0) is 115 Å². The van der Waals surface area contributed by atoms with Crippen molar-refractivity contribution in [1.82, 2.24) is 0 Å². The smallest absolute Gasteiger partial charge is 0.116 e. The van der Waals surface area contributed by atoms with Gasteiger partial charge in [0.2, 0.25) is 0 Å². The van der Waals surface area contributed by atoms with E-state index in [2.05, 4.69) is 226 Å². The van der Waals surface area contributed by atoms with Crippen LogP contribution in [0.4, 0.5) is 22.7 Å². The van der Waals surface area contributed by atoms with Crippen LogP contribution < -0.4 is 9.80 Å². The number of hydrogen-bond acceptors (Lipinski definition) is 4. The fourth-order valence-corrected chi connectivity index (χ4v) is 10.2. The highest BCUT2D eigenvalue weighted by molar-refractivity contribution is 8.07. The van der Waals surface area contributed by atoms with Crippen molar-refractivity contribution >= 4 is 46.3 Å². The Labute approximate surface area is 356 Å². The monoisotopic (exact) mass is 798 g/mol.